The number of fused-ring (bicyclic) bond motifs is 1. The van der Waals surface area contributed by atoms with E-state index in [0.717, 1.165) is 37.8 Å². The monoisotopic (exact) mass is 389 g/mol. The maximum atomic E-state index is 6.01. The van der Waals surface area contributed by atoms with Crippen molar-refractivity contribution >= 4 is 5.96 Å². The first-order valence-corrected chi connectivity index (χ1v) is 10.1. The summed E-state index contributed by atoms with van der Waals surface area (Å²) in [6.45, 7) is 5.05. The molecule has 3 aromatic rings. The minimum atomic E-state index is 0.134. The Balaban J connectivity index is 1.34. The second-order valence-corrected chi connectivity index (χ2v) is 7.18. The smallest absolute Gasteiger partial charge is 0.191 e. The van der Waals surface area contributed by atoms with Gasteiger partial charge >= 0.3 is 0 Å². The number of imidazole rings is 1. The zero-order chi connectivity index (χ0) is 19.9. The molecule has 0 amide bonds. The molecule has 0 saturated carbocycles. The van der Waals surface area contributed by atoms with E-state index in [0.29, 0.717) is 6.54 Å². The third-order valence-electron chi connectivity index (χ3n) is 4.89. The SMILES string of the molecule is CCNC(=NCc1cccc(Cn2ccnc2)c1)NCC1Cc2ccccc2O1. The lowest BCUT2D eigenvalue weighted by molar-refractivity contribution is 0.235. The predicted octanol–water partition coefficient (Wildman–Crippen LogP) is 2.99. The van der Waals surface area contributed by atoms with Crippen molar-refractivity contribution in [2.24, 2.45) is 4.99 Å². The van der Waals surface area contributed by atoms with Crippen LogP contribution in [-0.2, 0) is 19.5 Å². The molecule has 29 heavy (non-hydrogen) atoms. The van der Waals surface area contributed by atoms with Gasteiger partial charge in [0.15, 0.2) is 5.96 Å². The lowest BCUT2D eigenvalue weighted by atomic mass is 10.1. The number of rotatable bonds is 7. The molecule has 0 aliphatic carbocycles. The van der Waals surface area contributed by atoms with Gasteiger partial charge in [0.25, 0.3) is 0 Å². The highest BCUT2D eigenvalue weighted by molar-refractivity contribution is 5.79. The summed E-state index contributed by atoms with van der Waals surface area (Å²) >= 11 is 0. The molecule has 2 aromatic carbocycles. The molecule has 1 aliphatic rings. The highest BCUT2D eigenvalue weighted by Gasteiger charge is 2.22. The van der Waals surface area contributed by atoms with Crippen LogP contribution in [0.3, 0.4) is 0 Å². The Kier molecular flexibility index (Phi) is 6.10. The van der Waals surface area contributed by atoms with Crippen LogP contribution in [0, 0.1) is 0 Å². The number of aromatic nitrogens is 2. The Bertz CT molecular complexity index is 926. The molecule has 2 N–H and O–H groups in total. The fourth-order valence-corrected chi connectivity index (χ4v) is 3.51. The molecule has 150 valence electrons. The minimum Gasteiger partial charge on any atom is -0.488 e. The van der Waals surface area contributed by atoms with Crippen molar-refractivity contribution in [3.8, 4) is 5.75 Å². The van der Waals surface area contributed by atoms with Gasteiger partial charge in [-0.1, -0.05) is 42.5 Å². The second kappa shape index (κ2) is 9.28. The topological polar surface area (TPSA) is 63.5 Å². The van der Waals surface area contributed by atoms with E-state index in [1.807, 2.05) is 24.7 Å². The highest BCUT2D eigenvalue weighted by Crippen LogP contribution is 2.27. The normalized spacial score (nSPS) is 15.6. The van der Waals surface area contributed by atoms with Crippen LogP contribution in [-0.4, -0.2) is 34.7 Å². The molecule has 6 nitrogen and oxygen atoms in total. The number of aliphatic imine (C=N–C) groups is 1. The summed E-state index contributed by atoms with van der Waals surface area (Å²) in [4.78, 5) is 8.85. The Morgan fingerprint density at radius 1 is 1.17 bits per heavy atom. The number of benzene rings is 2. The molecule has 4 rings (SSSR count). The number of para-hydroxylation sites is 1. The lowest BCUT2D eigenvalue weighted by Gasteiger charge is -2.15. The molecule has 1 atom stereocenters. The maximum absolute atomic E-state index is 6.01. The zero-order valence-electron chi connectivity index (χ0n) is 16.7. The predicted molar refractivity (Wildman–Crippen MR) is 115 cm³/mol. The van der Waals surface area contributed by atoms with E-state index in [1.165, 1.54) is 16.7 Å². The quantitative estimate of drug-likeness (QED) is 0.482. The molecule has 0 fully saturated rings. The summed E-state index contributed by atoms with van der Waals surface area (Å²) in [6.07, 6.45) is 6.67. The number of ether oxygens (including phenoxy) is 1. The molecule has 1 unspecified atom stereocenters. The van der Waals surface area contributed by atoms with Gasteiger partial charge in [0.1, 0.15) is 11.9 Å². The maximum Gasteiger partial charge on any atom is 0.191 e. The standard InChI is InChI=1S/C23H27N5O/c1-2-25-23(27-15-21-13-20-8-3-4-9-22(20)29-21)26-14-18-6-5-7-19(12-18)16-28-11-10-24-17-28/h3-12,17,21H,2,13-16H2,1H3,(H2,25,26,27). The fraction of sp³-hybridized carbons (Fsp3) is 0.304. The first-order valence-electron chi connectivity index (χ1n) is 10.1. The Hall–Kier alpha value is -3.28. The zero-order valence-corrected chi connectivity index (χ0v) is 16.7. The fourth-order valence-electron chi connectivity index (χ4n) is 3.51. The molecular weight excluding hydrogens is 362 g/mol. The third kappa shape index (κ3) is 5.16. The van der Waals surface area contributed by atoms with Crippen molar-refractivity contribution < 1.29 is 4.74 Å². The molecule has 6 heteroatoms. The van der Waals surface area contributed by atoms with Gasteiger partial charge in [-0.3, -0.25) is 0 Å². The molecular formula is C23H27N5O. The number of hydrogen-bond donors (Lipinski definition) is 2. The molecule has 0 spiro atoms. The lowest BCUT2D eigenvalue weighted by Crippen LogP contribution is -2.42. The van der Waals surface area contributed by atoms with E-state index in [-0.39, 0.29) is 6.10 Å². The molecule has 0 saturated heterocycles. The molecule has 0 bridgehead atoms. The van der Waals surface area contributed by atoms with Crippen LogP contribution in [0.4, 0.5) is 0 Å². The van der Waals surface area contributed by atoms with Crippen LogP contribution in [0.15, 0.2) is 72.2 Å². The summed E-state index contributed by atoms with van der Waals surface area (Å²) < 4.78 is 8.07. The Morgan fingerprint density at radius 3 is 2.90 bits per heavy atom. The second-order valence-electron chi connectivity index (χ2n) is 7.18. The van der Waals surface area contributed by atoms with Gasteiger partial charge in [0, 0.05) is 31.9 Å². The van der Waals surface area contributed by atoms with Crippen molar-refractivity contribution in [1.29, 1.82) is 0 Å². The van der Waals surface area contributed by atoms with Crippen LogP contribution in [0.1, 0.15) is 23.6 Å². The van der Waals surface area contributed by atoms with Crippen LogP contribution in [0.5, 0.6) is 5.75 Å². The van der Waals surface area contributed by atoms with Crippen LogP contribution >= 0.6 is 0 Å². The van der Waals surface area contributed by atoms with Crippen LogP contribution < -0.4 is 15.4 Å². The minimum absolute atomic E-state index is 0.134. The average Bonchev–Trinajstić information content (AvgIpc) is 3.39. The Morgan fingerprint density at radius 2 is 2.07 bits per heavy atom. The Labute approximate surface area is 171 Å². The number of nitrogens with zero attached hydrogens (tertiary/aromatic N) is 3. The van der Waals surface area contributed by atoms with Gasteiger partial charge in [-0.15, -0.1) is 0 Å². The van der Waals surface area contributed by atoms with Crippen molar-refractivity contribution in [2.45, 2.75) is 32.5 Å². The molecule has 0 radical (unpaired) electrons. The average molecular weight is 390 g/mol. The van der Waals surface area contributed by atoms with Gasteiger partial charge in [-0.2, -0.15) is 0 Å². The van der Waals surface area contributed by atoms with Crippen molar-refractivity contribution in [3.05, 3.63) is 83.9 Å². The van der Waals surface area contributed by atoms with Crippen LogP contribution in [0.25, 0.3) is 0 Å². The van der Waals surface area contributed by atoms with Gasteiger partial charge < -0.3 is 19.9 Å². The van der Waals surface area contributed by atoms with Gasteiger partial charge in [-0.25, -0.2) is 9.98 Å². The van der Waals surface area contributed by atoms with Crippen molar-refractivity contribution in [3.63, 3.8) is 0 Å². The van der Waals surface area contributed by atoms with E-state index < -0.39 is 0 Å². The van der Waals surface area contributed by atoms with E-state index in [1.54, 1.807) is 6.20 Å². The van der Waals surface area contributed by atoms with Crippen molar-refractivity contribution in [2.75, 3.05) is 13.1 Å². The van der Waals surface area contributed by atoms with Gasteiger partial charge in [0.05, 0.1) is 19.4 Å². The largest absolute Gasteiger partial charge is 0.488 e. The van der Waals surface area contributed by atoms with Crippen LogP contribution in [0.2, 0.25) is 0 Å². The first-order chi connectivity index (χ1) is 14.3. The van der Waals surface area contributed by atoms with E-state index >= 15 is 0 Å². The first kappa shape index (κ1) is 19.1. The summed E-state index contributed by atoms with van der Waals surface area (Å²) in [6, 6.07) is 16.8. The molecule has 1 aromatic heterocycles. The summed E-state index contributed by atoms with van der Waals surface area (Å²) in [7, 11) is 0. The van der Waals surface area contributed by atoms with Crippen molar-refractivity contribution in [1.82, 2.24) is 20.2 Å². The number of nitrogens with one attached hydrogen (secondary N) is 2. The summed E-state index contributed by atoms with van der Waals surface area (Å²) in [5, 5.41) is 6.74. The molecule has 1 aliphatic heterocycles. The van der Waals surface area contributed by atoms with Gasteiger partial charge in [-0.05, 0) is 29.7 Å². The van der Waals surface area contributed by atoms with E-state index in [2.05, 4.69) is 63.5 Å². The number of hydrogen-bond acceptors (Lipinski definition) is 3. The summed E-state index contributed by atoms with van der Waals surface area (Å²) in [5.74, 6) is 1.81. The van der Waals surface area contributed by atoms with Gasteiger partial charge in [0.2, 0.25) is 0 Å². The van der Waals surface area contributed by atoms with E-state index in [4.69, 9.17) is 9.73 Å². The van der Waals surface area contributed by atoms with E-state index in [9.17, 15) is 0 Å². The molecule has 2 heterocycles. The third-order valence-corrected chi connectivity index (χ3v) is 4.89. The number of guanidine groups is 1. The highest BCUT2D eigenvalue weighted by atomic mass is 16.5. The summed E-state index contributed by atoms with van der Waals surface area (Å²) in [5.41, 5.74) is 3.70.